The summed E-state index contributed by atoms with van der Waals surface area (Å²) in [6.07, 6.45) is 0. The third-order valence-electron chi connectivity index (χ3n) is 3.02. The summed E-state index contributed by atoms with van der Waals surface area (Å²) >= 11 is 6.17. The Balaban J connectivity index is 2.33. The molecule has 0 radical (unpaired) electrons. The number of nitrogens with two attached hydrogens (primary N) is 1. The molecule has 0 aliphatic heterocycles. The van der Waals surface area contributed by atoms with Crippen LogP contribution in [0, 0.1) is 6.92 Å². The number of halogens is 1. The number of benzene rings is 2. The summed E-state index contributed by atoms with van der Waals surface area (Å²) in [7, 11) is 1.58. The number of amides is 1. The molecule has 0 atom stereocenters. The van der Waals surface area contributed by atoms with Crippen LogP contribution in [0.3, 0.4) is 0 Å². The van der Waals surface area contributed by atoms with E-state index in [4.69, 9.17) is 17.3 Å². The third kappa shape index (κ3) is 2.86. The first-order chi connectivity index (χ1) is 9.52. The van der Waals surface area contributed by atoms with Crippen LogP contribution in [-0.2, 0) is 0 Å². The van der Waals surface area contributed by atoms with Crippen LogP contribution in [-0.4, -0.2) is 13.0 Å². The molecular weight excluding hydrogens is 274 g/mol. The number of carbonyl (C=O) groups is 1. The number of para-hydroxylation sites is 1. The first kappa shape index (κ1) is 14.2. The van der Waals surface area contributed by atoms with Crippen molar-refractivity contribution in [3.63, 3.8) is 0 Å². The normalized spacial score (nSPS) is 10.2. The van der Waals surface area contributed by atoms with Gasteiger partial charge in [-0.05, 0) is 36.8 Å². The number of hydrogen-bond donors (Lipinski definition) is 3. The maximum absolute atomic E-state index is 11.5. The van der Waals surface area contributed by atoms with E-state index in [1.54, 1.807) is 25.2 Å². The largest absolute Gasteiger partial charge is 0.397 e. The van der Waals surface area contributed by atoms with E-state index in [0.717, 1.165) is 11.3 Å². The fourth-order valence-corrected chi connectivity index (χ4v) is 2.16. The van der Waals surface area contributed by atoms with E-state index >= 15 is 0 Å². The van der Waals surface area contributed by atoms with Crippen LogP contribution in [0.5, 0.6) is 0 Å². The van der Waals surface area contributed by atoms with E-state index in [1.165, 1.54) is 0 Å². The van der Waals surface area contributed by atoms with Crippen molar-refractivity contribution in [1.82, 2.24) is 5.32 Å². The molecule has 0 heterocycles. The van der Waals surface area contributed by atoms with Crippen LogP contribution in [0.1, 0.15) is 15.9 Å². The summed E-state index contributed by atoms with van der Waals surface area (Å²) in [6, 6.07) is 10.8. The number of rotatable bonds is 3. The molecule has 1 amide bonds. The van der Waals surface area contributed by atoms with Crippen molar-refractivity contribution in [1.29, 1.82) is 0 Å². The molecule has 2 rings (SSSR count). The Morgan fingerprint density at radius 2 is 2.00 bits per heavy atom. The quantitative estimate of drug-likeness (QED) is 0.759. The Morgan fingerprint density at radius 3 is 2.60 bits per heavy atom. The Kier molecular flexibility index (Phi) is 4.15. The van der Waals surface area contributed by atoms with E-state index < -0.39 is 0 Å². The van der Waals surface area contributed by atoms with E-state index in [-0.39, 0.29) is 5.91 Å². The number of carbonyl (C=O) groups excluding carboxylic acids is 1. The summed E-state index contributed by atoms with van der Waals surface area (Å²) in [4.78, 5) is 11.5. The van der Waals surface area contributed by atoms with Gasteiger partial charge in [0.15, 0.2) is 0 Å². The average molecular weight is 290 g/mol. The van der Waals surface area contributed by atoms with Gasteiger partial charge < -0.3 is 16.4 Å². The number of nitrogen functional groups attached to an aromatic ring is 1. The molecule has 0 unspecified atom stereocenters. The standard InChI is InChI=1S/C15H16ClN3O/c1-9-4-3-5-11(16)14(9)19-13-7-6-10(8-12(13)17)15(20)18-2/h3-8,19H,17H2,1-2H3,(H,18,20). The van der Waals surface area contributed by atoms with Gasteiger partial charge in [-0.3, -0.25) is 4.79 Å². The number of anilines is 3. The van der Waals surface area contributed by atoms with Crippen LogP contribution >= 0.6 is 11.6 Å². The molecule has 0 fully saturated rings. The van der Waals surface area contributed by atoms with Crippen molar-refractivity contribution < 1.29 is 4.79 Å². The molecule has 5 heteroatoms. The lowest BCUT2D eigenvalue weighted by atomic mass is 10.1. The second-order valence-electron chi connectivity index (χ2n) is 4.44. The predicted octanol–water partition coefficient (Wildman–Crippen LogP) is 3.33. The van der Waals surface area contributed by atoms with Crippen molar-refractivity contribution in [3.05, 3.63) is 52.5 Å². The predicted molar refractivity (Wildman–Crippen MR) is 83.7 cm³/mol. The van der Waals surface area contributed by atoms with E-state index in [1.807, 2.05) is 25.1 Å². The van der Waals surface area contributed by atoms with Crippen LogP contribution in [0.25, 0.3) is 0 Å². The summed E-state index contributed by atoms with van der Waals surface area (Å²) in [6.45, 7) is 1.96. The first-order valence-electron chi connectivity index (χ1n) is 6.16. The number of aryl methyl sites for hydroxylation is 1. The van der Waals surface area contributed by atoms with Gasteiger partial charge in [0, 0.05) is 12.6 Å². The lowest BCUT2D eigenvalue weighted by molar-refractivity contribution is 0.0963. The molecule has 2 aromatic rings. The maximum Gasteiger partial charge on any atom is 0.251 e. The fourth-order valence-electron chi connectivity index (χ4n) is 1.89. The van der Waals surface area contributed by atoms with Gasteiger partial charge in [0.25, 0.3) is 5.91 Å². The molecule has 0 saturated heterocycles. The highest BCUT2D eigenvalue weighted by Gasteiger charge is 2.09. The molecule has 104 valence electrons. The van der Waals surface area contributed by atoms with Gasteiger partial charge in [0.1, 0.15) is 0 Å². The van der Waals surface area contributed by atoms with Gasteiger partial charge in [-0.25, -0.2) is 0 Å². The second-order valence-corrected chi connectivity index (χ2v) is 4.85. The first-order valence-corrected chi connectivity index (χ1v) is 6.54. The van der Waals surface area contributed by atoms with Crippen LogP contribution in [0.15, 0.2) is 36.4 Å². The van der Waals surface area contributed by atoms with Crippen molar-refractivity contribution in [2.75, 3.05) is 18.1 Å². The minimum atomic E-state index is -0.169. The van der Waals surface area contributed by atoms with Gasteiger partial charge in [0.2, 0.25) is 0 Å². The molecule has 0 aliphatic rings. The Morgan fingerprint density at radius 1 is 1.25 bits per heavy atom. The van der Waals surface area contributed by atoms with E-state index in [2.05, 4.69) is 10.6 Å². The topological polar surface area (TPSA) is 67.2 Å². The SMILES string of the molecule is CNC(=O)c1ccc(Nc2c(C)cccc2Cl)c(N)c1. The smallest absolute Gasteiger partial charge is 0.251 e. The second kappa shape index (κ2) is 5.84. The van der Waals surface area contributed by atoms with Crippen molar-refractivity contribution in [3.8, 4) is 0 Å². The molecule has 0 saturated carbocycles. The monoisotopic (exact) mass is 289 g/mol. The Labute approximate surface area is 122 Å². The minimum Gasteiger partial charge on any atom is -0.397 e. The summed E-state index contributed by atoms with van der Waals surface area (Å²) in [5.41, 5.74) is 9.54. The molecule has 2 aromatic carbocycles. The molecule has 0 spiro atoms. The third-order valence-corrected chi connectivity index (χ3v) is 3.34. The summed E-state index contributed by atoms with van der Waals surface area (Å²) < 4.78 is 0. The maximum atomic E-state index is 11.5. The zero-order chi connectivity index (χ0) is 14.7. The van der Waals surface area contributed by atoms with Crippen molar-refractivity contribution in [2.24, 2.45) is 0 Å². The molecule has 4 nitrogen and oxygen atoms in total. The zero-order valence-corrected chi connectivity index (χ0v) is 12.1. The highest BCUT2D eigenvalue weighted by molar-refractivity contribution is 6.33. The van der Waals surface area contributed by atoms with Crippen LogP contribution in [0.4, 0.5) is 17.1 Å². The highest BCUT2D eigenvalue weighted by Crippen LogP contribution is 2.31. The fraction of sp³-hybridized carbons (Fsp3) is 0.133. The Hall–Kier alpha value is -2.20. The van der Waals surface area contributed by atoms with E-state index in [0.29, 0.717) is 22.0 Å². The molecule has 0 bridgehead atoms. The number of hydrogen-bond acceptors (Lipinski definition) is 3. The van der Waals surface area contributed by atoms with Crippen molar-refractivity contribution >= 4 is 34.6 Å². The number of nitrogens with one attached hydrogen (secondary N) is 2. The summed E-state index contributed by atoms with van der Waals surface area (Å²) in [5.74, 6) is -0.169. The van der Waals surface area contributed by atoms with Gasteiger partial charge in [-0.1, -0.05) is 23.7 Å². The van der Waals surface area contributed by atoms with Gasteiger partial charge >= 0.3 is 0 Å². The molecule has 20 heavy (non-hydrogen) atoms. The summed E-state index contributed by atoms with van der Waals surface area (Å²) in [5, 5.41) is 6.39. The van der Waals surface area contributed by atoms with Crippen molar-refractivity contribution in [2.45, 2.75) is 6.92 Å². The van der Waals surface area contributed by atoms with E-state index in [9.17, 15) is 4.79 Å². The molecular formula is C15H16ClN3O. The lowest BCUT2D eigenvalue weighted by Gasteiger charge is -2.14. The van der Waals surface area contributed by atoms with Crippen LogP contribution in [0.2, 0.25) is 5.02 Å². The highest BCUT2D eigenvalue weighted by atomic mass is 35.5. The lowest BCUT2D eigenvalue weighted by Crippen LogP contribution is -2.18. The Bertz CT molecular complexity index is 635. The van der Waals surface area contributed by atoms with Gasteiger partial charge in [0.05, 0.1) is 22.1 Å². The van der Waals surface area contributed by atoms with Gasteiger partial charge in [-0.15, -0.1) is 0 Å². The van der Waals surface area contributed by atoms with Crippen LogP contribution < -0.4 is 16.4 Å². The zero-order valence-electron chi connectivity index (χ0n) is 11.3. The average Bonchev–Trinajstić information content (AvgIpc) is 2.43. The minimum absolute atomic E-state index is 0.169. The molecule has 0 aliphatic carbocycles. The molecule has 0 aromatic heterocycles. The van der Waals surface area contributed by atoms with Gasteiger partial charge in [-0.2, -0.15) is 0 Å². The molecule has 4 N–H and O–H groups in total.